The number of rotatable bonds is 3. The molecule has 0 radical (unpaired) electrons. The Hall–Kier alpha value is -0.600. The van der Waals surface area contributed by atoms with Crippen LogP contribution in [-0.4, -0.2) is 6.04 Å². The first-order chi connectivity index (χ1) is 8.61. The SMILES string of the molecule is CCC1CCC(N)C(Cc2cccc(F)c2Cl)C1. The Morgan fingerprint density at radius 2 is 2.17 bits per heavy atom. The van der Waals surface area contributed by atoms with Crippen molar-refractivity contribution in [3.8, 4) is 0 Å². The van der Waals surface area contributed by atoms with E-state index in [-0.39, 0.29) is 16.9 Å². The highest BCUT2D eigenvalue weighted by molar-refractivity contribution is 6.31. The van der Waals surface area contributed by atoms with Gasteiger partial charge < -0.3 is 5.73 Å². The molecule has 0 heterocycles. The molecule has 1 nitrogen and oxygen atoms in total. The fourth-order valence-electron chi connectivity index (χ4n) is 2.98. The summed E-state index contributed by atoms with van der Waals surface area (Å²) in [4.78, 5) is 0. The summed E-state index contributed by atoms with van der Waals surface area (Å²) < 4.78 is 13.4. The van der Waals surface area contributed by atoms with Crippen LogP contribution in [-0.2, 0) is 6.42 Å². The summed E-state index contributed by atoms with van der Waals surface area (Å²) in [7, 11) is 0. The number of nitrogens with two attached hydrogens (primary N) is 1. The summed E-state index contributed by atoms with van der Waals surface area (Å²) in [5, 5.41) is 0.267. The lowest BCUT2D eigenvalue weighted by atomic mass is 9.75. The predicted molar refractivity (Wildman–Crippen MR) is 74.2 cm³/mol. The molecular formula is C15H21ClFN. The standard InChI is InChI=1S/C15H21ClFN/c1-2-10-6-7-14(18)12(8-10)9-11-4-3-5-13(17)15(11)16/h3-5,10,12,14H,2,6-9,18H2,1H3. The van der Waals surface area contributed by atoms with Crippen LogP contribution in [0.1, 0.15) is 38.2 Å². The van der Waals surface area contributed by atoms with Crippen molar-refractivity contribution in [2.75, 3.05) is 0 Å². The third kappa shape index (κ3) is 3.04. The first kappa shape index (κ1) is 13.8. The summed E-state index contributed by atoms with van der Waals surface area (Å²) in [6.45, 7) is 2.23. The van der Waals surface area contributed by atoms with Gasteiger partial charge in [-0.1, -0.05) is 37.1 Å². The lowest BCUT2D eigenvalue weighted by Crippen LogP contribution is -2.37. The normalized spacial score (nSPS) is 28.3. The van der Waals surface area contributed by atoms with Crippen molar-refractivity contribution < 1.29 is 4.39 Å². The molecule has 18 heavy (non-hydrogen) atoms. The average Bonchev–Trinajstić information content (AvgIpc) is 2.37. The van der Waals surface area contributed by atoms with Gasteiger partial charge in [-0.2, -0.15) is 0 Å². The van der Waals surface area contributed by atoms with Gasteiger partial charge in [-0.05, 0) is 49.1 Å². The molecule has 0 saturated heterocycles. The van der Waals surface area contributed by atoms with E-state index in [4.69, 9.17) is 17.3 Å². The van der Waals surface area contributed by atoms with Crippen molar-refractivity contribution in [2.24, 2.45) is 17.6 Å². The van der Waals surface area contributed by atoms with E-state index in [2.05, 4.69) is 6.92 Å². The molecule has 1 saturated carbocycles. The Morgan fingerprint density at radius 3 is 2.89 bits per heavy atom. The van der Waals surface area contributed by atoms with Gasteiger partial charge in [-0.3, -0.25) is 0 Å². The van der Waals surface area contributed by atoms with E-state index in [9.17, 15) is 4.39 Å². The number of benzene rings is 1. The zero-order valence-corrected chi connectivity index (χ0v) is 11.6. The Bertz CT molecular complexity index is 407. The molecule has 0 amide bonds. The van der Waals surface area contributed by atoms with Gasteiger partial charge in [0.2, 0.25) is 0 Å². The topological polar surface area (TPSA) is 26.0 Å². The molecule has 3 unspecified atom stereocenters. The highest BCUT2D eigenvalue weighted by Gasteiger charge is 2.28. The molecular weight excluding hydrogens is 249 g/mol. The molecule has 0 bridgehead atoms. The summed E-state index contributed by atoms with van der Waals surface area (Å²) >= 11 is 6.01. The Balaban J connectivity index is 2.09. The quantitative estimate of drug-likeness (QED) is 0.875. The molecule has 0 aliphatic heterocycles. The lowest BCUT2D eigenvalue weighted by molar-refractivity contribution is 0.227. The van der Waals surface area contributed by atoms with Crippen LogP contribution in [0.5, 0.6) is 0 Å². The molecule has 0 spiro atoms. The van der Waals surface area contributed by atoms with Crippen LogP contribution in [0.2, 0.25) is 5.02 Å². The molecule has 1 fully saturated rings. The van der Waals surface area contributed by atoms with Crippen molar-refractivity contribution in [1.29, 1.82) is 0 Å². The van der Waals surface area contributed by atoms with Gasteiger partial charge in [0.05, 0.1) is 5.02 Å². The van der Waals surface area contributed by atoms with E-state index in [1.807, 2.05) is 6.07 Å². The number of hydrogen-bond donors (Lipinski definition) is 1. The molecule has 3 heteroatoms. The smallest absolute Gasteiger partial charge is 0.142 e. The van der Waals surface area contributed by atoms with E-state index >= 15 is 0 Å². The minimum absolute atomic E-state index is 0.229. The van der Waals surface area contributed by atoms with Gasteiger partial charge in [0.15, 0.2) is 0 Å². The molecule has 3 atom stereocenters. The third-order valence-corrected chi connectivity index (χ3v) is 4.66. The average molecular weight is 270 g/mol. The summed E-state index contributed by atoms with van der Waals surface area (Å²) in [6, 6.07) is 5.27. The third-order valence-electron chi connectivity index (χ3n) is 4.24. The maximum Gasteiger partial charge on any atom is 0.142 e. The molecule has 1 aliphatic rings. The van der Waals surface area contributed by atoms with E-state index in [1.165, 1.54) is 18.9 Å². The van der Waals surface area contributed by atoms with Crippen molar-refractivity contribution >= 4 is 11.6 Å². The van der Waals surface area contributed by atoms with Crippen molar-refractivity contribution in [3.63, 3.8) is 0 Å². The molecule has 1 aromatic carbocycles. The second-order valence-electron chi connectivity index (χ2n) is 5.43. The van der Waals surface area contributed by atoms with Gasteiger partial charge in [0.25, 0.3) is 0 Å². The fourth-order valence-corrected chi connectivity index (χ4v) is 3.18. The van der Waals surface area contributed by atoms with Gasteiger partial charge in [-0.15, -0.1) is 0 Å². The fraction of sp³-hybridized carbons (Fsp3) is 0.600. The molecule has 0 aromatic heterocycles. The summed E-state index contributed by atoms with van der Waals surface area (Å²) in [5.41, 5.74) is 7.09. The molecule has 1 aliphatic carbocycles. The highest BCUT2D eigenvalue weighted by Crippen LogP contribution is 2.34. The molecule has 2 rings (SSSR count). The summed E-state index contributed by atoms with van der Waals surface area (Å²) in [5.74, 6) is 0.871. The lowest BCUT2D eigenvalue weighted by Gasteiger charge is -2.34. The molecule has 2 N–H and O–H groups in total. The highest BCUT2D eigenvalue weighted by atomic mass is 35.5. The zero-order valence-electron chi connectivity index (χ0n) is 10.8. The van der Waals surface area contributed by atoms with Crippen LogP contribution in [0.4, 0.5) is 4.39 Å². The summed E-state index contributed by atoms with van der Waals surface area (Å²) in [6.07, 6.45) is 5.46. The van der Waals surface area contributed by atoms with Crippen LogP contribution < -0.4 is 5.73 Å². The number of halogens is 2. The second-order valence-corrected chi connectivity index (χ2v) is 5.81. The van der Waals surface area contributed by atoms with Gasteiger partial charge >= 0.3 is 0 Å². The van der Waals surface area contributed by atoms with E-state index in [0.29, 0.717) is 5.92 Å². The minimum atomic E-state index is -0.328. The molecule has 1 aromatic rings. The monoisotopic (exact) mass is 269 g/mol. The van der Waals surface area contributed by atoms with E-state index < -0.39 is 0 Å². The first-order valence-electron chi connectivity index (χ1n) is 6.80. The first-order valence-corrected chi connectivity index (χ1v) is 7.18. The Kier molecular flexibility index (Phi) is 4.63. The Labute approximate surface area is 114 Å². The largest absolute Gasteiger partial charge is 0.327 e. The predicted octanol–water partition coefficient (Wildman–Crippen LogP) is 4.18. The van der Waals surface area contributed by atoms with Crippen molar-refractivity contribution in [1.82, 2.24) is 0 Å². The van der Waals surface area contributed by atoms with E-state index in [0.717, 1.165) is 30.7 Å². The van der Waals surface area contributed by atoms with Crippen LogP contribution in [0.25, 0.3) is 0 Å². The van der Waals surface area contributed by atoms with Crippen LogP contribution in [0, 0.1) is 17.7 Å². The van der Waals surface area contributed by atoms with Crippen LogP contribution in [0.3, 0.4) is 0 Å². The molecule has 100 valence electrons. The van der Waals surface area contributed by atoms with Crippen molar-refractivity contribution in [2.45, 2.75) is 45.1 Å². The van der Waals surface area contributed by atoms with Gasteiger partial charge in [-0.25, -0.2) is 4.39 Å². The minimum Gasteiger partial charge on any atom is -0.327 e. The van der Waals surface area contributed by atoms with Crippen molar-refractivity contribution in [3.05, 3.63) is 34.6 Å². The maximum atomic E-state index is 13.4. The zero-order chi connectivity index (χ0) is 13.1. The Morgan fingerprint density at radius 1 is 1.39 bits per heavy atom. The van der Waals surface area contributed by atoms with Gasteiger partial charge in [0, 0.05) is 6.04 Å². The maximum absolute atomic E-state index is 13.4. The van der Waals surface area contributed by atoms with Crippen LogP contribution in [0.15, 0.2) is 18.2 Å². The van der Waals surface area contributed by atoms with Crippen LogP contribution >= 0.6 is 11.6 Å². The second kappa shape index (κ2) is 6.03. The van der Waals surface area contributed by atoms with E-state index in [1.54, 1.807) is 6.07 Å². The van der Waals surface area contributed by atoms with Gasteiger partial charge in [0.1, 0.15) is 5.82 Å². The number of hydrogen-bond acceptors (Lipinski definition) is 1.